The summed E-state index contributed by atoms with van der Waals surface area (Å²) in [6, 6.07) is 25.7. The number of benzene rings is 3. The van der Waals surface area contributed by atoms with Gasteiger partial charge in [-0.1, -0.05) is 72.8 Å². The topological polar surface area (TPSA) is 49.4 Å². The van der Waals surface area contributed by atoms with Gasteiger partial charge in [0.15, 0.2) is 0 Å². The van der Waals surface area contributed by atoms with Gasteiger partial charge in [0.2, 0.25) is 0 Å². The van der Waals surface area contributed by atoms with E-state index in [1.807, 2.05) is 78.9 Å². The van der Waals surface area contributed by atoms with E-state index >= 15 is 0 Å². The molecule has 0 radical (unpaired) electrons. The van der Waals surface area contributed by atoms with Gasteiger partial charge < -0.3 is 10.2 Å². The number of anilines is 1. The second-order valence-corrected chi connectivity index (χ2v) is 6.24. The Labute approximate surface area is 152 Å². The zero-order valence-electron chi connectivity index (χ0n) is 14.1. The van der Waals surface area contributed by atoms with Gasteiger partial charge in [0.1, 0.15) is 6.04 Å². The minimum absolute atomic E-state index is 0.140. The third-order valence-corrected chi connectivity index (χ3v) is 4.54. The van der Waals surface area contributed by atoms with E-state index < -0.39 is 6.04 Å². The van der Waals surface area contributed by atoms with Crippen molar-refractivity contribution in [3.63, 3.8) is 0 Å². The summed E-state index contributed by atoms with van der Waals surface area (Å²) in [6.45, 7) is 0.412. The molecule has 2 amide bonds. The Morgan fingerprint density at radius 2 is 1.38 bits per heavy atom. The maximum atomic E-state index is 13.4. The van der Waals surface area contributed by atoms with E-state index in [-0.39, 0.29) is 11.8 Å². The van der Waals surface area contributed by atoms with E-state index in [4.69, 9.17) is 0 Å². The lowest BCUT2D eigenvalue weighted by molar-refractivity contribution is -0.120. The SMILES string of the molecule is O=C1NC(c2ccccc2)C(=O)N(Cc2ccccc2)c2ccccc21. The normalized spacial score (nSPS) is 16.6. The Morgan fingerprint density at radius 1 is 0.769 bits per heavy atom. The zero-order valence-corrected chi connectivity index (χ0v) is 14.1. The van der Waals surface area contributed by atoms with Crippen molar-refractivity contribution in [3.8, 4) is 0 Å². The van der Waals surface area contributed by atoms with Crippen LogP contribution in [-0.2, 0) is 11.3 Å². The Kier molecular flexibility index (Phi) is 4.23. The standard InChI is InChI=1S/C22H18N2O2/c25-21-18-13-7-8-14-19(18)24(15-16-9-3-1-4-10-16)22(26)20(23-21)17-11-5-2-6-12-17/h1-14,20H,15H2,(H,23,25). The number of rotatable bonds is 3. The van der Waals surface area contributed by atoms with Crippen LogP contribution in [0.4, 0.5) is 5.69 Å². The number of nitrogens with one attached hydrogen (secondary N) is 1. The first kappa shape index (κ1) is 16.1. The highest BCUT2D eigenvalue weighted by Gasteiger charge is 2.34. The second-order valence-electron chi connectivity index (χ2n) is 6.24. The lowest BCUT2D eigenvalue weighted by Gasteiger charge is -2.25. The molecule has 1 aliphatic rings. The molecule has 0 spiro atoms. The summed E-state index contributed by atoms with van der Waals surface area (Å²) in [4.78, 5) is 27.8. The molecular weight excluding hydrogens is 324 g/mol. The molecule has 26 heavy (non-hydrogen) atoms. The number of carbonyl (C=O) groups excluding carboxylic acids is 2. The summed E-state index contributed by atoms with van der Waals surface area (Å²) >= 11 is 0. The quantitative estimate of drug-likeness (QED) is 0.789. The van der Waals surface area contributed by atoms with Crippen LogP contribution in [0.3, 0.4) is 0 Å². The first-order chi connectivity index (χ1) is 12.7. The van der Waals surface area contributed by atoms with Crippen molar-refractivity contribution < 1.29 is 9.59 Å². The van der Waals surface area contributed by atoms with Crippen LogP contribution in [0, 0.1) is 0 Å². The Hall–Kier alpha value is -3.40. The molecule has 0 aromatic heterocycles. The molecule has 3 aromatic carbocycles. The highest BCUT2D eigenvalue weighted by Crippen LogP contribution is 2.30. The van der Waals surface area contributed by atoms with E-state index in [0.717, 1.165) is 11.1 Å². The summed E-state index contributed by atoms with van der Waals surface area (Å²) in [5, 5.41) is 2.89. The van der Waals surface area contributed by atoms with Crippen molar-refractivity contribution in [3.05, 3.63) is 102 Å². The Balaban J connectivity index is 1.80. The Bertz CT molecular complexity index is 939. The Morgan fingerprint density at radius 3 is 2.12 bits per heavy atom. The lowest BCUT2D eigenvalue weighted by Crippen LogP contribution is -2.39. The van der Waals surface area contributed by atoms with Crippen molar-refractivity contribution in [2.45, 2.75) is 12.6 Å². The molecule has 0 bridgehead atoms. The van der Waals surface area contributed by atoms with E-state index in [0.29, 0.717) is 17.8 Å². The highest BCUT2D eigenvalue weighted by molar-refractivity contribution is 6.11. The molecule has 0 aliphatic carbocycles. The third kappa shape index (κ3) is 2.97. The smallest absolute Gasteiger partial charge is 0.254 e. The summed E-state index contributed by atoms with van der Waals surface area (Å²) < 4.78 is 0. The minimum atomic E-state index is -0.709. The number of nitrogens with zero attached hydrogens (tertiary/aromatic N) is 1. The monoisotopic (exact) mass is 342 g/mol. The van der Waals surface area contributed by atoms with Gasteiger partial charge in [-0.05, 0) is 23.3 Å². The first-order valence-corrected chi connectivity index (χ1v) is 8.54. The van der Waals surface area contributed by atoms with E-state index in [1.54, 1.807) is 11.0 Å². The van der Waals surface area contributed by atoms with Crippen LogP contribution < -0.4 is 10.2 Å². The van der Waals surface area contributed by atoms with Crippen LogP contribution in [-0.4, -0.2) is 11.8 Å². The number of fused-ring (bicyclic) bond motifs is 1. The van der Waals surface area contributed by atoms with E-state index in [2.05, 4.69) is 5.32 Å². The van der Waals surface area contributed by atoms with E-state index in [9.17, 15) is 9.59 Å². The predicted octanol–water partition coefficient (Wildman–Crippen LogP) is 3.70. The number of hydrogen-bond donors (Lipinski definition) is 1. The summed E-state index contributed by atoms with van der Waals surface area (Å²) in [5.74, 6) is -0.378. The molecule has 4 rings (SSSR count). The maximum Gasteiger partial charge on any atom is 0.254 e. The number of para-hydroxylation sites is 1. The van der Waals surface area contributed by atoms with Crippen LogP contribution in [0.25, 0.3) is 0 Å². The molecule has 1 aliphatic heterocycles. The minimum Gasteiger partial charge on any atom is -0.336 e. The fourth-order valence-corrected chi connectivity index (χ4v) is 3.25. The molecule has 3 aromatic rings. The summed E-state index contributed by atoms with van der Waals surface area (Å²) in [5.41, 5.74) is 2.93. The van der Waals surface area contributed by atoms with Crippen LogP contribution in [0.1, 0.15) is 27.5 Å². The van der Waals surface area contributed by atoms with Crippen molar-refractivity contribution in [1.82, 2.24) is 5.32 Å². The van der Waals surface area contributed by atoms with Gasteiger partial charge in [-0.15, -0.1) is 0 Å². The zero-order chi connectivity index (χ0) is 17.9. The fraction of sp³-hybridized carbons (Fsp3) is 0.0909. The second kappa shape index (κ2) is 6.84. The maximum absolute atomic E-state index is 13.4. The van der Waals surface area contributed by atoms with Gasteiger partial charge in [0, 0.05) is 0 Å². The molecule has 1 N–H and O–H groups in total. The summed E-state index contributed by atoms with van der Waals surface area (Å²) in [6.07, 6.45) is 0. The molecule has 1 unspecified atom stereocenters. The third-order valence-electron chi connectivity index (χ3n) is 4.54. The first-order valence-electron chi connectivity index (χ1n) is 8.54. The van der Waals surface area contributed by atoms with Gasteiger partial charge in [-0.25, -0.2) is 0 Å². The van der Waals surface area contributed by atoms with Crippen molar-refractivity contribution in [2.24, 2.45) is 0 Å². The highest BCUT2D eigenvalue weighted by atomic mass is 16.2. The molecule has 4 heteroatoms. The fourth-order valence-electron chi connectivity index (χ4n) is 3.25. The van der Waals surface area contributed by atoms with Crippen LogP contribution >= 0.6 is 0 Å². The number of amides is 2. The van der Waals surface area contributed by atoms with Crippen molar-refractivity contribution in [1.29, 1.82) is 0 Å². The van der Waals surface area contributed by atoms with Crippen molar-refractivity contribution in [2.75, 3.05) is 4.90 Å². The van der Waals surface area contributed by atoms with Crippen molar-refractivity contribution >= 4 is 17.5 Å². The molecular formula is C22H18N2O2. The molecule has 1 atom stereocenters. The lowest BCUT2D eigenvalue weighted by atomic mass is 10.1. The molecule has 0 fully saturated rings. The number of hydrogen-bond acceptors (Lipinski definition) is 2. The molecule has 0 saturated heterocycles. The van der Waals surface area contributed by atoms with Crippen LogP contribution in [0.15, 0.2) is 84.9 Å². The van der Waals surface area contributed by atoms with Crippen LogP contribution in [0.5, 0.6) is 0 Å². The van der Waals surface area contributed by atoms with Gasteiger partial charge in [0.05, 0.1) is 17.8 Å². The van der Waals surface area contributed by atoms with E-state index in [1.165, 1.54) is 0 Å². The van der Waals surface area contributed by atoms with Gasteiger partial charge >= 0.3 is 0 Å². The average Bonchev–Trinajstić information content (AvgIpc) is 2.80. The van der Waals surface area contributed by atoms with Gasteiger partial charge in [0.25, 0.3) is 11.8 Å². The largest absolute Gasteiger partial charge is 0.336 e. The average molecular weight is 342 g/mol. The van der Waals surface area contributed by atoms with Gasteiger partial charge in [-0.2, -0.15) is 0 Å². The molecule has 4 nitrogen and oxygen atoms in total. The predicted molar refractivity (Wildman–Crippen MR) is 101 cm³/mol. The molecule has 0 saturated carbocycles. The van der Waals surface area contributed by atoms with Crippen LogP contribution in [0.2, 0.25) is 0 Å². The van der Waals surface area contributed by atoms with Gasteiger partial charge in [-0.3, -0.25) is 9.59 Å². The number of carbonyl (C=O) groups is 2. The molecule has 128 valence electrons. The molecule has 1 heterocycles. The summed E-state index contributed by atoms with van der Waals surface area (Å²) in [7, 11) is 0.